The van der Waals surface area contributed by atoms with Crippen LogP contribution in [-0.4, -0.2) is 40.4 Å². The second-order valence-electron chi connectivity index (χ2n) is 5.13. The molecule has 0 aromatic heterocycles. The Morgan fingerprint density at radius 2 is 1.73 bits per heavy atom. The highest BCUT2D eigenvalue weighted by atomic mass is 79.9. The lowest BCUT2D eigenvalue weighted by atomic mass is 10.1. The smallest absolute Gasteiger partial charge is 0.249 e. The number of hydrogen-bond acceptors (Lipinski definition) is 3. The second-order valence-corrected chi connectivity index (χ2v) is 6.99. The van der Waals surface area contributed by atoms with Crippen molar-refractivity contribution in [1.29, 1.82) is 0 Å². The number of para-hydroxylation sites is 1. The van der Waals surface area contributed by atoms with Crippen molar-refractivity contribution in [3.63, 3.8) is 0 Å². The van der Waals surface area contributed by atoms with Crippen LogP contribution in [0.1, 0.15) is 5.56 Å². The summed E-state index contributed by atoms with van der Waals surface area (Å²) in [5.74, 6) is 0.922. The topological polar surface area (TPSA) is 18.6 Å². The Morgan fingerprint density at radius 1 is 1.05 bits per heavy atom. The van der Waals surface area contributed by atoms with Crippen molar-refractivity contribution in [3.8, 4) is 0 Å². The van der Waals surface area contributed by atoms with Gasteiger partial charge >= 0.3 is 5.17 Å². The number of halogens is 1. The van der Waals surface area contributed by atoms with Gasteiger partial charge in [-0.2, -0.15) is 0 Å². The van der Waals surface area contributed by atoms with Crippen LogP contribution in [0.4, 0.5) is 5.69 Å². The Labute approximate surface area is 143 Å². The molecule has 0 unspecified atom stereocenters. The lowest BCUT2D eigenvalue weighted by molar-refractivity contribution is -0.577. The van der Waals surface area contributed by atoms with Crippen LogP contribution in [-0.2, 0) is 0 Å². The molecule has 22 heavy (non-hydrogen) atoms. The predicted molar refractivity (Wildman–Crippen MR) is 98.2 cm³/mol. The van der Waals surface area contributed by atoms with E-state index in [1.54, 1.807) is 11.8 Å². The number of amidine groups is 1. The minimum Gasteiger partial charge on any atom is -0.249 e. The highest BCUT2D eigenvalue weighted by Crippen LogP contribution is 2.24. The molecule has 0 saturated carbocycles. The molecule has 2 aromatic carbocycles. The summed E-state index contributed by atoms with van der Waals surface area (Å²) in [5, 5.41) is 3.09. The first-order valence-corrected chi connectivity index (χ1v) is 8.78. The van der Waals surface area contributed by atoms with Crippen molar-refractivity contribution in [2.45, 2.75) is 0 Å². The Bertz CT molecular complexity index is 721. The number of hydrazone groups is 1. The maximum absolute atomic E-state index is 4.79. The number of benzene rings is 2. The zero-order valence-electron chi connectivity index (χ0n) is 12.5. The lowest BCUT2D eigenvalue weighted by Gasteiger charge is -2.13. The molecule has 0 bridgehead atoms. The van der Waals surface area contributed by atoms with Crippen LogP contribution in [0.5, 0.6) is 0 Å². The van der Waals surface area contributed by atoms with E-state index < -0.39 is 0 Å². The molecule has 1 aliphatic rings. The van der Waals surface area contributed by atoms with E-state index in [-0.39, 0.29) is 0 Å². The zero-order chi connectivity index (χ0) is 15.5. The maximum Gasteiger partial charge on any atom is 0.383 e. The first-order chi connectivity index (χ1) is 10.6. The summed E-state index contributed by atoms with van der Waals surface area (Å²) >= 11 is 5.26. The average molecular weight is 375 g/mol. The molecule has 0 aliphatic carbocycles. The summed E-state index contributed by atoms with van der Waals surface area (Å²) in [6.45, 7) is 0. The van der Waals surface area contributed by atoms with E-state index in [0.29, 0.717) is 0 Å². The number of thioether (sulfide) groups is 1. The van der Waals surface area contributed by atoms with Crippen molar-refractivity contribution in [1.82, 2.24) is 5.01 Å². The average Bonchev–Trinajstić information content (AvgIpc) is 2.93. The summed E-state index contributed by atoms with van der Waals surface area (Å²) in [6.07, 6.45) is 0. The molecule has 0 spiro atoms. The van der Waals surface area contributed by atoms with Gasteiger partial charge in [0.15, 0.2) is 5.69 Å². The third-order valence-electron chi connectivity index (χ3n) is 3.33. The monoisotopic (exact) mass is 374 g/mol. The molecule has 3 rings (SSSR count). The van der Waals surface area contributed by atoms with E-state index in [0.717, 1.165) is 21.1 Å². The van der Waals surface area contributed by atoms with E-state index in [9.17, 15) is 0 Å². The van der Waals surface area contributed by atoms with E-state index in [1.807, 2.05) is 44.4 Å². The molecular formula is C17H17BrN3S+. The first-order valence-electron chi connectivity index (χ1n) is 7.01. The molecule has 0 fully saturated rings. The standard InChI is InChI=1S/C17H17BrN3S/c1-20(2)21-16(13-8-10-14(18)11-9-13)12-22-17(21)19-15-6-4-3-5-7-15/h3-11H,12H2,1-2H3/q+1. The Morgan fingerprint density at radius 3 is 2.36 bits per heavy atom. The highest BCUT2D eigenvalue weighted by molar-refractivity contribution is 9.10. The lowest BCUT2D eigenvalue weighted by Crippen LogP contribution is -2.33. The van der Waals surface area contributed by atoms with Gasteiger partial charge < -0.3 is 0 Å². The largest absolute Gasteiger partial charge is 0.383 e. The molecule has 0 atom stereocenters. The Hall–Kier alpha value is -1.59. The quantitative estimate of drug-likeness (QED) is 0.750. The second kappa shape index (κ2) is 6.67. The Kier molecular flexibility index (Phi) is 4.64. The third kappa shape index (κ3) is 3.25. The van der Waals surface area contributed by atoms with Gasteiger partial charge in [-0.05, 0) is 53.2 Å². The van der Waals surface area contributed by atoms with Crippen molar-refractivity contribution in [3.05, 3.63) is 64.6 Å². The summed E-state index contributed by atoms with van der Waals surface area (Å²) in [4.78, 5) is 4.79. The van der Waals surface area contributed by atoms with Crippen LogP contribution in [0.3, 0.4) is 0 Å². The van der Waals surface area contributed by atoms with E-state index in [2.05, 4.69) is 49.9 Å². The molecule has 1 heterocycles. The van der Waals surface area contributed by atoms with Gasteiger partial charge in [0.1, 0.15) is 5.71 Å². The van der Waals surface area contributed by atoms with Crippen LogP contribution < -0.4 is 0 Å². The predicted octanol–water partition coefficient (Wildman–Crippen LogP) is 4.16. The number of aliphatic imine (C=N–C) groups is 1. The molecule has 2 aromatic rings. The zero-order valence-corrected chi connectivity index (χ0v) is 14.9. The number of nitrogens with zero attached hydrogens (tertiary/aromatic N) is 3. The number of rotatable bonds is 3. The van der Waals surface area contributed by atoms with Gasteiger partial charge in [-0.25, -0.2) is 5.01 Å². The summed E-state index contributed by atoms with van der Waals surface area (Å²) in [6, 6.07) is 18.5. The summed E-state index contributed by atoms with van der Waals surface area (Å²) in [5.41, 5.74) is 3.47. The molecule has 0 saturated heterocycles. The molecule has 3 nitrogen and oxygen atoms in total. The third-order valence-corrected chi connectivity index (χ3v) is 4.80. The molecule has 0 N–H and O–H groups in total. The van der Waals surface area contributed by atoms with Crippen LogP contribution in [0.15, 0.2) is 64.1 Å². The van der Waals surface area contributed by atoms with Gasteiger partial charge in [0.2, 0.25) is 0 Å². The van der Waals surface area contributed by atoms with Crippen LogP contribution in [0.25, 0.3) is 0 Å². The van der Waals surface area contributed by atoms with Crippen molar-refractivity contribution in [2.24, 2.45) is 4.99 Å². The fourth-order valence-corrected chi connectivity index (χ4v) is 3.71. The molecule has 0 amide bonds. The molecule has 1 aliphatic heterocycles. The minimum atomic E-state index is 0.922. The normalized spacial score (nSPS) is 16.4. The maximum atomic E-state index is 4.79. The SMILES string of the molecule is CN(C)[N+]1=C(c2ccc(Br)cc2)CSC1=Nc1ccccc1. The highest BCUT2D eigenvalue weighted by Gasteiger charge is 2.32. The Balaban J connectivity index is 2.04. The van der Waals surface area contributed by atoms with Crippen LogP contribution >= 0.6 is 27.7 Å². The minimum absolute atomic E-state index is 0.922. The van der Waals surface area contributed by atoms with Crippen LogP contribution in [0, 0.1) is 0 Å². The number of hydrogen-bond donors (Lipinski definition) is 0. The van der Waals surface area contributed by atoms with Crippen molar-refractivity contribution >= 4 is 44.3 Å². The van der Waals surface area contributed by atoms with Gasteiger partial charge in [0, 0.05) is 24.1 Å². The van der Waals surface area contributed by atoms with Gasteiger partial charge in [0.25, 0.3) is 0 Å². The molecule has 5 heteroatoms. The van der Waals surface area contributed by atoms with E-state index >= 15 is 0 Å². The van der Waals surface area contributed by atoms with Gasteiger partial charge in [-0.1, -0.05) is 34.1 Å². The van der Waals surface area contributed by atoms with Crippen molar-refractivity contribution < 1.29 is 4.68 Å². The molecule has 112 valence electrons. The van der Waals surface area contributed by atoms with Gasteiger partial charge in [-0.3, -0.25) is 0 Å². The van der Waals surface area contributed by atoms with E-state index in [1.165, 1.54) is 11.3 Å². The molecular weight excluding hydrogens is 358 g/mol. The van der Waals surface area contributed by atoms with Gasteiger partial charge in [0.05, 0.1) is 5.75 Å². The molecule has 0 radical (unpaired) electrons. The summed E-state index contributed by atoms with van der Waals surface area (Å²) in [7, 11) is 4.09. The van der Waals surface area contributed by atoms with Crippen LogP contribution in [0.2, 0.25) is 0 Å². The van der Waals surface area contributed by atoms with Crippen molar-refractivity contribution in [2.75, 3.05) is 19.8 Å². The van der Waals surface area contributed by atoms with Gasteiger partial charge in [-0.15, -0.1) is 4.68 Å². The fourth-order valence-electron chi connectivity index (χ4n) is 2.32. The first kappa shape index (κ1) is 15.3. The summed E-state index contributed by atoms with van der Waals surface area (Å²) < 4.78 is 3.28. The fraction of sp³-hybridized carbons (Fsp3) is 0.176. The van der Waals surface area contributed by atoms with E-state index in [4.69, 9.17) is 4.99 Å². The number of hydrazine groups is 1.